The van der Waals surface area contributed by atoms with Gasteiger partial charge in [0.05, 0.1) is 19.6 Å². The van der Waals surface area contributed by atoms with Gasteiger partial charge in [-0.05, 0) is 35.4 Å². The quantitative estimate of drug-likeness (QED) is 0.717. The summed E-state index contributed by atoms with van der Waals surface area (Å²) in [5.74, 6) is 1.57. The Hall–Kier alpha value is -2.82. The monoisotopic (exact) mass is 337 g/mol. The van der Waals surface area contributed by atoms with Crippen LogP contribution < -0.4 is 4.74 Å². The lowest BCUT2D eigenvalue weighted by molar-refractivity contribution is -0.131. The summed E-state index contributed by atoms with van der Waals surface area (Å²) in [5.41, 5.74) is 1.01. The number of amides is 1. The van der Waals surface area contributed by atoms with Crippen LogP contribution in [0.4, 0.5) is 0 Å². The van der Waals surface area contributed by atoms with Crippen molar-refractivity contribution in [2.24, 2.45) is 7.05 Å². The van der Waals surface area contributed by atoms with Crippen molar-refractivity contribution in [2.45, 2.75) is 19.4 Å². The lowest BCUT2D eigenvalue weighted by atomic mass is 9.96. The van der Waals surface area contributed by atoms with Gasteiger partial charge in [-0.15, -0.1) is 0 Å². The number of aryl methyl sites for hydroxylation is 1. The Labute approximate surface area is 147 Å². The van der Waals surface area contributed by atoms with Gasteiger partial charge in [-0.25, -0.2) is 4.98 Å². The number of carbonyl (C=O) groups excluding carboxylic acids is 1. The van der Waals surface area contributed by atoms with E-state index >= 15 is 0 Å². The zero-order valence-electron chi connectivity index (χ0n) is 15.1. The van der Waals surface area contributed by atoms with E-state index in [-0.39, 0.29) is 11.8 Å². The molecule has 0 saturated carbocycles. The number of ether oxygens (including phenoxy) is 1. The molecule has 0 aliphatic carbocycles. The first kappa shape index (κ1) is 17.0. The van der Waals surface area contributed by atoms with Gasteiger partial charge in [0, 0.05) is 26.5 Å². The molecule has 2 aromatic carbocycles. The molecule has 1 atom stereocenters. The van der Waals surface area contributed by atoms with Crippen molar-refractivity contribution < 1.29 is 9.53 Å². The van der Waals surface area contributed by atoms with Crippen LogP contribution in [0.15, 0.2) is 48.8 Å². The normalized spacial score (nSPS) is 12.2. The summed E-state index contributed by atoms with van der Waals surface area (Å²) in [7, 11) is 5.41. The molecule has 5 heteroatoms. The van der Waals surface area contributed by atoms with Crippen molar-refractivity contribution in [3.8, 4) is 5.75 Å². The molecule has 3 aromatic rings. The number of fused-ring (bicyclic) bond motifs is 1. The molecule has 25 heavy (non-hydrogen) atoms. The summed E-state index contributed by atoms with van der Waals surface area (Å²) in [6, 6.07) is 12.1. The molecular formula is C20H23N3O2. The van der Waals surface area contributed by atoms with Crippen LogP contribution in [0.3, 0.4) is 0 Å². The molecule has 0 spiro atoms. The summed E-state index contributed by atoms with van der Waals surface area (Å²) in [6.07, 6.45) is 3.63. The van der Waals surface area contributed by atoms with Crippen molar-refractivity contribution in [3.63, 3.8) is 0 Å². The van der Waals surface area contributed by atoms with Crippen molar-refractivity contribution in [2.75, 3.05) is 14.2 Å². The maximum absolute atomic E-state index is 12.8. The number of hydrogen-bond donors (Lipinski definition) is 0. The minimum atomic E-state index is -0.211. The van der Waals surface area contributed by atoms with Crippen LogP contribution in [0.25, 0.3) is 10.8 Å². The maximum atomic E-state index is 12.8. The van der Waals surface area contributed by atoms with Crippen LogP contribution in [0.5, 0.6) is 5.75 Å². The Morgan fingerprint density at radius 3 is 2.64 bits per heavy atom. The Morgan fingerprint density at radius 1 is 1.24 bits per heavy atom. The van der Waals surface area contributed by atoms with E-state index in [9.17, 15) is 4.79 Å². The summed E-state index contributed by atoms with van der Waals surface area (Å²) in [5, 5.41) is 2.20. The van der Waals surface area contributed by atoms with Crippen LogP contribution in [-0.2, 0) is 18.4 Å². The van der Waals surface area contributed by atoms with E-state index in [0.29, 0.717) is 6.54 Å². The zero-order chi connectivity index (χ0) is 18.0. The van der Waals surface area contributed by atoms with Crippen LogP contribution in [0.1, 0.15) is 24.2 Å². The van der Waals surface area contributed by atoms with E-state index in [4.69, 9.17) is 4.74 Å². The minimum Gasteiger partial charge on any atom is -0.497 e. The molecule has 1 amide bonds. The van der Waals surface area contributed by atoms with Crippen molar-refractivity contribution >= 4 is 16.7 Å². The molecule has 0 N–H and O–H groups in total. The Bertz CT molecular complexity index is 901. The number of likely N-dealkylation sites (N-methyl/N-ethyl adjacent to an activating group) is 1. The lowest BCUT2D eigenvalue weighted by Crippen LogP contribution is -2.31. The lowest BCUT2D eigenvalue weighted by Gasteiger charge is -2.21. The second kappa shape index (κ2) is 6.97. The van der Waals surface area contributed by atoms with Gasteiger partial charge in [-0.1, -0.05) is 24.3 Å². The van der Waals surface area contributed by atoms with Crippen molar-refractivity contribution in [1.29, 1.82) is 0 Å². The fourth-order valence-electron chi connectivity index (χ4n) is 2.95. The molecule has 0 saturated heterocycles. The minimum absolute atomic E-state index is 0.0795. The first-order chi connectivity index (χ1) is 12.0. The van der Waals surface area contributed by atoms with Gasteiger partial charge in [0.1, 0.15) is 11.6 Å². The number of benzene rings is 2. The van der Waals surface area contributed by atoms with Gasteiger partial charge in [0.15, 0.2) is 0 Å². The van der Waals surface area contributed by atoms with Gasteiger partial charge >= 0.3 is 0 Å². The zero-order valence-corrected chi connectivity index (χ0v) is 15.1. The summed E-state index contributed by atoms with van der Waals surface area (Å²) in [4.78, 5) is 18.8. The highest BCUT2D eigenvalue weighted by Gasteiger charge is 2.20. The Kier molecular flexibility index (Phi) is 4.74. The van der Waals surface area contributed by atoms with Gasteiger partial charge < -0.3 is 14.2 Å². The number of rotatable bonds is 5. The maximum Gasteiger partial charge on any atom is 0.229 e. The number of carbonyl (C=O) groups is 1. The highest BCUT2D eigenvalue weighted by molar-refractivity contribution is 5.88. The largest absolute Gasteiger partial charge is 0.497 e. The molecule has 0 aliphatic heterocycles. The smallest absolute Gasteiger partial charge is 0.229 e. The number of imidazole rings is 1. The van der Waals surface area contributed by atoms with E-state index in [1.54, 1.807) is 18.2 Å². The topological polar surface area (TPSA) is 47.4 Å². The molecule has 1 unspecified atom stereocenters. The average molecular weight is 337 g/mol. The summed E-state index contributed by atoms with van der Waals surface area (Å²) < 4.78 is 7.19. The third kappa shape index (κ3) is 3.50. The second-order valence-corrected chi connectivity index (χ2v) is 6.34. The van der Waals surface area contributed by atoms with Gasteiger partial charge in [0.25, 0.3) is 0 Å². The summed E-state index contributed by atoms with van der Waals surface area (Å²) >= 11 is 0. The SMILES string of the molecule is COc1ccc2cc(C(C)C(=O)N(C)Cc3nccn3C)ccc2c1. The first-order valence-electron chi connectivity index (χ1n) is 8.28. The fraction of sp³-hybridized carbons (Fsp3) is 0.300. The highest BCUT2D eigenvalue weighted by Crippen LogP contribution is 2.26. The molecule has 1 aromatic heterocycles. The van der Waals surface area contributed by atoms with Gasteiger partial charge in [-0.2, -0.15) is 0 Å². The van der Waals surface area contributed by atoms with E-state index in [0.717, 1.165) is 27.9 Å². The number of nitrogens with zero attached hydrogens (tertiary/aromatic N) is 3. The number of methoxy groups -OCH3 is 1. The van der Waals surface area contributed by atoms with Crippen LogP contribution >= 0.6 is 0 Å². The fourth-order valence-corrected chi connectivity index (χ4v) is 2.95. The van der Waals surface area contributed by atoms with Gasteiger partial charge in [-0.3, -0.25) is 4.79 Å². The first-order valence-corrected chi connectivity index (χ1v) is 8.28. The van der Waals surface area contributed by atoms with Crippen LogP contribution in [0.2, 0.25) is 0 Å². The third-order valence-corrected chi connectivity index (χ3v) is 4.62. The highest BCUT2D eigenvalue weighted by atomic mass is 16.5. The van der Waals surface area contributed by atoms with Crippen molar-refractivity contribution in [1.82, 2.24) is 14.5 Å². The molecular weight excluding hydrogens is 314 g/mol. The molecule has 0 bridgehead atoms. The molecule has 1 heterocycles. The summed E-state index contributed by atoms with van der Waals surface area (Å²) in [6.45, 7) is 2.44. The number of hydrogen-bond acceptors (Lipinski definition) is 3. The van der Waals surface area contributed by atoms with E-state index in [1.165, 1.54) is 0 Å². The molecule has 0 aliphatic rings. The van der Waals surface area contributed by atoms with E-state index in [2.05, 4.69) is 11.1 Å². The second-order valence-electron chi connectivity index (χ2n) is 6.34. The van der Waals surface area contributed by atoms with Crippen LogP contribution in [0, 0.1) is 0 Å². The molecule has 5 nitrogen and oxygen atoms in total. The van der Waals surface area contributed by atoms with Crippen molar-refractivity contribution in [3.05, 3.63) is 60.2 Å². The molecule has 130 valence electrons. The molecule has 0 radical (unpaired) electrons. The van der Waals surface area contributed by atoms with Crippen LogP contribution in [-0.4, -0.2) is 34.5 Å². The van der Waals surface area contributed by atoms with Gasteiger partial charge in [0.2, 0.25) is 5.91 Å². The van der Waals surface area contributed by atoms with E-state index < -0.39 is 0 Å². The predicted octanol–water partition coefficient (Wildman–Crippen LogP) is 3.34. The Balaban J connectivity index is 1.79. The Morgan fingerprint density at radius 2 is 1.96 bits per heavy atom. The standard InChI is InChI=1S/C20H23N3O2/c1-14(20(24)23(3)13-19-21-9-10-22(19)2)15-5-6-17-12-18(25-4)8-7-16(17)11-15/h5-12,14H,13H2,1-4H3. The molecule has 0 fully saturated rings. The average Bonchev–Trinajstić information content (AvgIpc) is 3.04. The molecule has 3 rings (SSSR count). The third-order valence-electron chi connectivity index (χ3n) is 4.62. The van der Waals surface area contributed by atoms with E-state index in [1.807, 2.05) is 62.1 Å². The predicted molar refractivity (Wildman–Crippen MR) is 98.6 cm³/mol. The number of aromatic nitrogens is 2.